The van der Waals surface area contributed by atoms with Crippen LogP contribution < -0.4 is 5.32 Å². The molecule has 1 N–H and O–H groups in total. The molecule has 2 heterocycles. The van der Waals surface area contributed by atoms with Gasteiger partial charge in [-0.25, -0.2) is 8.78 Å². The second-order valence-electron chi connectivity index (χ2n) is 12.2. The van der Waals surface area contributed by atoms with Gasteiger partial charge in [-0.05, 0) is 48.2 Å². The molecule has 45 heavy (non-hydrogen) atoms. The topological polar surface area (TPSA) is 69.7 Å². The summed E-state index contributed by atoms with van der Waals surface area (Å²) < 4.78 is 29.8. The standard InChI is InChI=1S/C36H35F2N3O3S/c1-21(2)32(42)27-20-41(19-26-28(37)10-7-11-29(26)38)36-30(33(27)43)31(40(3)18-22-8-5-4-6-9-22)34(45-36)23-14-16-25(17-15-23)39-35(44)24-12-13-24/h4-11,14-17,20-21,24,30,36H,12-13,18-19H2,1-3H3,(H,39,44). The van der Waals surface area contributed by atoms with E-state index in [0.717, 1.165) is 34.6 Å². The Morgan fingerprint density at radius 1 is 0.978 bits per heavy atom. The van der Waals surface area contributed by atoms with E-state index in [9.17, 15) is 23.2 Å². The highest BCUT2D eigenvalue weighted by molar-refractivity contribution is 8.09. The maximum Gasteiger partial charge on any atom is 0.227 e. The summed E-state index contributed by atoms with van der Waals surface area (Å²) in [7, 11) is 1.92. The highest BCUT2D eigenvalue weighted by Gasteiger charge is 2.49. The van der Waals surface area contributed by atoms with Crippen molar-refractivity contribution in [3.8, 4) is 0 Å². The van der Waals surface area contributed by atoms with Gasteiger partial charge in [0.1, 0.15) is 11.6 Å². The molecule has 9 heteroatoms. The number of benzene rings is 3. The zero-order valence-electron chi connectivity index (χ0n) is 25.4. The molecule has 1 amide bonds. The van der Waals surface area contributed by atoms with Crippen LogP contribution in [0.4, 0.5) is 14.5 Å². The molecule has 3 aliphatic rings. The minimum Gasteiger partial charge on any atom is -0.372 e. The molecule has 2 unspecified atom stereocenters. The van der Waals surface area contributed by atoms with E-state index in [4.69, 9.17) is 0 Å². The Bertz CT molecular complexity index is 1680. The van der Waals surface area contributed by atoms with Crippen LogP contribution in [0.25, 0.3) is 4.91 Å². The largest absolute Gasteiger partial charge is 0.372 e. The number of ketones is 2. The number of hydrogen-bond acceptors (Lipinski definition) is 6. The van der Waals surface area contributed by atoms with Gasteiger partial charge in [0.05, 0.1) is 16.9 Å². The third kappa shape index (κ3) is 6.31. The normalized spacial score (nSPS) is 19.5. The molecule has 1 fully saturated rings. The third-order valence-corrected chi connectivity index (χ3v) is 9.91. The van der Waals surface area contributed by atoms with Gasteiger partial charge in [-0.15, -0.1) is 0 Å². The summed E-state index contributed by atoms with van der Waals surface area (Å²) >= 11 is 1.45. The van der Waals surface area contributed by atoms with Crippen molar-refractivity contribution in [3.63, 3.8) is 0 Å². The number of nitrogens with one attached hydrogen (secondary N) is 1. The molecule has 0 aromatic heterocycles. The summed E-state index contributed by atoms with van der Waals surface area (Å²) in [6, 6.07) is 21.1. The summed E-state index contributed by atoms with van der Waals surface area (Å²) in [5, 5.41) is 2.42. The number of anilines is 1. The van der Waals surface area contributed by atoms with Gasteiger partial charge in [-0.1, -0.05) is 74.1 Å². The second-order valence-corrected chi connectivity index (χ2v) is 13.3. The number of thioether (sulfide) groups is 1. The van der Waals surface area contributed by atoms with Crippen molar-refractivity contribution >= 4 is 39.8 Å². The lowest BCUT2D eigenvalue weighted by molar-refractivity contribution is -0.126. The average molecular weight is 628 g/mol. The Kier molecular flexibility index (Phi) is 8.64. The molecule has 3 aromatic rings. The van der Waals surface area contributed by atoms with E-state index < -0.39 is 28.8 Å². The van der Waals surface area contributed by atoms with E-state index in [0.29, 0.717) is 12.2 Å². The molecule has 0 saturated heterocycles. The average Bonchev–Trinajstić information content (AvgIpc) is 3.80. The monoisotopic (exact) mass is 627 g/mol. The SMILES string of the molecule is CC(C)C(=O)C1=CN(Cc2c(F)cccc2F)C2SC(c3ccc(NC(=O)C4CC4)cc3)=C(N(C)Cc3ccccc3)C2C1=O. The molecule has 6 nitrogen and oxygen atoms in total. The van der Waals surface area contributed by atoms with Crippen LogP contribution in [-0.2, 0) is 27.5 Å². The first-order chi connectivity index (χ1) is 21.6. The predicted molar refractivity (Wildman–Crippen MR) is 172 cm³/mol. The zero-order chi connectivity index (χ0) is 31.8. The molecule has 0 spiro atoms. The minimum absolute atomic E-state index is 0.0153. The Hall–Kier alpha value is -4.24. The lowest BCUT2D eigenvalue weighted by atomic mass is 9.85. The zero-order valence-corrected chi connectivity index (χ0v) is 26.2. The van der Waals surface area contributed by atoms with E-state index in [1.165, 1.54) is 36.2 Å². The Labute approximate surface area is 266 Å². The summed E-state index contributed by atoms with van der Waals surface area (Å²) in [4.78, 5) is 44.6. The Morgan fingerprint density at radius 3 is 2.27 bits per heavy atom. The van der Waals surface area contributed by atoms with Crippen molar-refractivity contribution in [1.29, 1.82) is 0 Å². The van der Waals surface area contributed by atoms with E-state index >= 15 is 0 Å². The molecule has 6 rings (SSSR count). The van der Waals surface area contributed by atoms with Gasteiger partial charge in [0, 0.05) is 60.0 Å². The first-order valence-corrected chi connectivity index (χ1v) is 16.1. The van der Waals surface area contributed by atoms with Crippen LogP contribution in [0.2, 0.25) is 0 Å². The number of amides is 1. The summed E-state index contributed by atoms with van der Waals surface area (Å²) in [5.41, 5.74) is 3.23. The maximum absolute atomic E-state index is 14.9. The number of allylic oxidation sites excluding steroid dienone is 1. The van der Waals surface area contributed by atoms with Crippen molar-refractivity contribution in [3.05, 3.63) is 119 Å². The Balaban J connectivity index is 1.43. The summed E-state index contributed by atoms with van der Waals surface area (Å²) in [5.74, 6) is -3.08. The van der Waals surface area contributed by atoms with Gasteiger partial charge in [0.25, 0.3) is 0 Å². The van der Waals surface area contributed by atoms with Crippen LogP contribution in [0, 0.1) is 29.4 Å². The lowest BCUT2D eigenvalue weighted by Crippen LogP contribution is -2.45. The fourth-order valence-electron chi connectivity index (χ4n) is 5.87. The number of rotatable bonds is 10. The summed E-state index contributed by atoms with van der Waals surface area (Å²) in [6.07, 6.45) is 3.31. The molecule has 1 aliphatic carbocycles. The smallest absolute Gasteiger partial charge is 0.227 e. The van der Waals surface area contributed by atoms with Gasteiger partial charge in [-0.3, -0.25) is 14.4 Å². The molecule has 2 atom stereocenters. The fourth-order valence-corrected chi connectivity index (χ4v) is 7.45. The number of fused-ring (bicyclic) bond motifs is 1. The van der Waals surface area contributed by atoms with Gasteiger partial charge in [0.15, 0.2) is 11.6 Å². The van der Waals surface area contributed by atoms with Crippen molar-refractivity contribution in [2.45, 2.75) is 45.2 Å². The van der Waals surface area contributed by atoms with Gasteiger partial charge < -0.3 is 15.1 Å². The van der Waals surface area contributed by atoms with E-state index in [-0.39, 0.29) is 41.1 Å². The van der Waals surface area contributed by atoms with Crippen LogP contribution >= 0.6 is 11.8 Å². The van der Waals surface area contributed by atoms with Crippen molar-refractivity contribution in [1.82, 2.24) is 9.80 Å². The molecule has 3 aromatic carbocycles. The molecule has 0 bridgehead atoms. The predicted octanol–water partition coefficient (Wildman–Crippen LogP) is 7.00. The number of carbonyl (C=O) groups excluding carboxylic acids is 3. The van der Waals surface area contributed by atoms with E-state index in [2.05, 4.69) is 5.32 Å². The Morgan fingerprint density at radius 2 is 1.64 bits per heavy atom. The molecular formula is C36H35F2N3O3S. The van der Waals surface area contributed by atoms with Crippen molar-refractivity contribution in [2.75, 3.05) is 12.4 Å². The maximum atomic E-state index is 14.9. The van der Waals surface area contributed by atoms with Crippen molar-refractivity contribution < 1.29 is 23.2 Å². The molecule has 0 radical (unpaired) electrons. The first kappa shape index (κ1) is 30.8. The highest BCUT2D eigenvalue weighted by Crippen LogP contribution is 2.53. The number of carbonyl (C=O) groups is 3. The first-order valence-electron chi connectivity index (χ1n) is 15.2. The van der Waals surface area contributed by atoms with Crippen LogP contribution in [0.1, 0.15) is 43.4 Å². The summed E-state index contributed by atoms with van der Waals surface area (Å²) in [6.45, 7) is 3.83. The van der Waals surface area contributed by atoms with Crippen molar-refractivity contribution in [2.24, 2.45) is 17.8 Å². The van der Waals surface area contributed by atoms with Gasteiger partial charge in [-0.2, -0.15) is 0 Å². The van der Waals surface area contributed by atoms with E-state index in [1.807, 2.05) is 66.5 Å². The second kappa shape index (κ2) is 12.6. The molecule has 1 saturated carbocycles. The molecular weight excluding hydrogens is 592 g/mol. The number of halogens is 2. The minimum atomic E-state index is -0.759. The lowest BCUT2D eigenvalue weighted by Gasteiger charge is -2.38. The quantitative estimate of drug-likeness (QED) is 0.244. The molecule has 2 aliphatic heterocycles. The van der Waals surface area contributed by atoms with E-state index in [1.54, 1.807) is 18.7 Å². The van der Waals surface area contributed by atoms with Crippen LogP contribution in [0.5, 0.6) is 0 Å². The number of nitrogens with zero attached hydrogens (tertiary/aromatic N) is 2. The van der Waals surface area contributed by atoms with Crippen LogP contribution in [0.3, 0.4) is 0 Å². The van der Waals surface area contributed by atoms with Crippen LogP contribution in [0.15, 0.2) is 90.3 Å². The fraction of sp³-hybridized carbons (Fsp3) is 0.306. The highest BCUT2D eigenvalue weighted by atomic mass is 32.2. The van der Waals surface area contributed by atoms with Gasteiger partial charge in [0.2, 0.25) is 5.91 Å². The molecule has 232 valence electrons. The van der Waals surface area contributed by atoms with Crippen LogP contribution in [-0.4, -0.2) is 39.7 Å². The number of hydrogen-bond donors (Lipinski definition) is 1. The number of Topliss-reactive ketones (excluding diaryl/α,β-unsaturated/α-hetero) is 2. The third-order valence-electron chi connectivity index (χ3n) is 8.45. The van der Waals surface area contributed by atoms with Gasteiger partial charge >= 0.3 is 0 Å².